The van der Waals surface area contributed by atoms with E-state index in [1.807, 2.05) is 0 Å². The average Bonchev–Trinajstić information content (AvgIpc) is 2.52. The highest BCUT2D eigenvalue weighted by molar-refractivity contribution is 5.96. The minimum absolute atomic E-state index is 0.0716. The van der Waals surface area contributed by atoms with E-state index in [-0.39, 0.29) is 23.8 Å². The quantitative estimate of drug-likeness (QED) is 0.705. The summed E-state index contributed by atoms with van der Waals surface area (Å²) in [4.78, 5) is 14.0. The standard InChI is InChI=1S/C16H20FNO5/c17-10-1-2-11(12(19)7-10)15(22)18-5-3-16(4-6-18)8-13(20)14(21)9-23-16/h1-2,7,13-14,19-21H,3-6,8-9H2/t13-,14+/m1/s1. The van der Waals surface area contributed by atoms with Gasteiger partial charge in [-0.05, 0) is 25.0 Å². The second kappa shape index (κ2) is 6.07. The van der Waals surface area contributed by atoms with Crippen LogP contribution in [0, 0.1) is 5.82 Å². The number of hydrogen-bond acceptors (Lipinski definition) is 5. The number of likely N-dealkylation sites (tertiary alicyclic amines) is 1. The highest BCUT2D eigenvalue weighted by Gasteiger charge is 2.43. The van der Waals surface area contributed by atoms with Crippen LogP contribution in [0.2, 0.25) is 0 Å². The summed E-state index contributed by atoms with van der Waals surface area (Å²) in [6.45, 7) is 0.921. The Bertz CT molecular complexity index is 600. The molecule has 0 bridgehead atoms. The van der Waals surface area contributed by atoms with Crippen LogP contribution in [0.25, 0.3) is 0 Å². The number of hydrogen-bond donors (Lipinski definition) is 3. The number of halogens is 1. The normalized spacial score (nSPS) is 27.2. The molecule has 0 unspecified atom stereocenters. The summed E-state index contributed by atoms with van der Waals surface area (Å²) in [6, 6.07) is 3.33. The van der Waals surface area contributed by atoms with Crippen molar-refractivity contribution in [3.05, 3.63) is 29.6 Å². The van der Waals surface area contributed by atoms with Gasteiger partial charge in [0.15, 0.2) is 0 Å². The van der Waals surface area contributed by atoms with Gasteiger partial charge in [0.05, 0.1) is 23.9 Å². The number of phenolic OH excluding ortho intramolecular Hbond substituents is 1. The van der Waals surface area contributed by atoms with Gasteiger partial charge in [-0.15, -0.1) is 0 Å². The molecule has 2 aliphatic heterocycles. The molecule has 2 aliphatic rings. The second-order valence-electron chi connectivity index (χ2n) is 6.29. The van der Waals surface area contributed by atoms with Crippen LogP contribution in [0.1, 0.15) is 29.6 Å². The SMILES string of the molecule is O=C(c1ccc(F)cc1O)N1CCC2(CC1)C[C@@H](O)[C@@H](O)CO2. The number of aliphatic hydroxyl groups excluding tert-OH is 2. The molecule has 6 nitrogen and oxygen atoms in total. The predicted molar refractivity (Wildman–Crippen MR) is 78.5 cm³/mol. The smallest absolute Gasteiger partial charge is 0.257 e. The van der Waals surface area contributed by atoms with Crippen molar-refractivity contribution in [1.82, 2.24) is 4.90 Å². The number of phenols is 1. The van der Waals surface area contributed by atoms with Crippen LogP contribution in [0.4, 0.5) is 4.39 Å². The zero-order valence-electron chi connectivity index (χ0n) is 12.6. The average molecular weight is 325 g/mol. The fourth-order valence-electron chi connectivity index (χ4n) is 3.27. The van der Waals surface area contributed by atoms with Crippen LogP contribution in [0.15, 0.2) is 18.2 Å². The number of amides is 1. The number of nitrogens with zero attached hydrogens (tertiary/aromatic N) is 1. The summed E-state index contributed by atoms with van der Waals surface area (Å²) in [6.07, 6.45) is -0.240. The van der Waals surface area contributed by atoms with Crippen molar-refractivity contribution in [2.24, 2.45) is 0 Å². The van der Waals surface area contributed by atoms with Crippen LogP contribution in [-0.2, 0) is 4.74 Å². The molecule has 2 saturated heterocycles. The maximum absolute atomic E-state index is 13.0. The third kappa shape index (κ3) is 3.17. The van der Waals surface area contributed by atoms with E-state index in [2.05, 4.69) is 0 Å². The third-order valence-electron chi connectivity index (χ3n) is 4.74. The van der Waals surface area contributed by atoms with Crippen LogP contribution >= 0.6 is 0 Å². The van der Waals surface area contributed by atoms with Gasteiger partial charge in [0.25, 0.3) is 5.91 Å². The number of carbonyl (C=O) groups excluding carboxylic acids is 1. The maximum Gasteiger partial charge on any atom is 0.257 e. The molecule has 0 aliphatic carbocycles. The Hall–Kier alpha value is -1.70. The first-order chi connectivity index (χ1) is 10.9. The van der Waals surface area contributed by atoms with Crippen molar-refractivity contribution in [2.45, 2.75) is 37.1 Å². The fourth-order valence-corrected chi connectivity index (χ4v) is 3.27. The van der Waals surface area contributed by atoms with Crippen molar-refractivity contribution in [3.63, 3.8) is 0 Å². The highest BCUT2D eigenvalue weighted by Crippen LogP contribution is 2.36. The minimum atomic E-state index is -0.864. The summed E-state index contributed by atoms with van der Waals surface area (Å²) >= 11 is 0. The molecule has 7 heteroatoms. The number of benzene rings is 1. The number of piperidine rings is 1. The van der Waals surface area contributed by atoms with Gasteiger partial charge < -0.3 is 25.0 Å². The molecule has 126 valence electrons. The van der Waals surface area contributed by atoms with Gasteiger partial charge in [0.2, 0.25) is 0 Å². The molecule has 2 atom stereocenters. The van der Waals surface area contributed by atoms with Crippen molar-refractivity contribution < 1.29 is 29.2 Å². The molecule has 2 fully saturated rings. The summed E-state index contributed by atoms with van der Waals surface area (Å²) in [7, 11) is 0. The minimum Gasteiger partial charge on any atom is -0.507 e. The van der Waals surface area contributed by atoms with Gasteiger partial charge in [0.1, 0.15) is 17.7 Å². The molecule has 1 aromatic rings. The summed E-state index contributed by atoms with van der Waals surface area (Å²) in [5.41, 5.74) is -0.442. The first-order valence-electron chi connectivity index (χ1n) is 7.68. The Balaban J connectivity index is 1.66. The topological polar surface area (TPSA) is 90.2 Å². The lowest BCUT2D eigenvalue weighted by molar-refractivity contribution is -0.185. The van der Waals surface area contributed by atoms with E-state index in [9.17, 15) is 24.5 Å². The maximum atomic E-state index is 13.0. The van der Waals surface area contributed by atoms with Gasteiger partial charge in [-0.1, -0.05) is 0 Å². The lowest BCUT2D eigenvalue weighted by Gasteiger charge is -2.46. The lowest BCUT2D eigenvalue weighted by Crippen LogP contribution is -2.55. The lowest BCUT2D eigenvalue weighted by atomic mass is 9.82. The van der Waals surface area contributed by atoms with E-state index < -0.39 is 23.6 Å². The zero-order valence-corrected chi connectivity index (χ0v) is 12.6. The van der Waals surface area contributed by atoms with Gasteiger partial charge in [0, 0.05) is 25.6 Å². The summed E-state index contributed by atoms with van der Waals surface area (Å²) < 4.78 is 18.7. The number of rotatable bonds is 1. The summed E-state index contributed by atoms with van der Waals surface area (Å²) in [5, 5.41) is 29.1. The van der Waals surface area contributed by atoms with E-state index in [0.29, 0.717) is 32.4 Å². The second-order valence-corrected chi connectivity index (χ2v) is 6.29. The first-order valence-corrected chi connectivity index (χ1v) is 7.68. The van der Waals surface area contributed by atoms with Crippen LogP contribution in [-0.4, -0.2) is 63.6 Å². The van der Waals surface area contributed by atoms with Crippen molar-refractivity contribution >= 4 is 5.91 Å². The Labute approximate surface area is 133 Å². The molecule has 3 N–H and O–H groups in total. The Morgan fingerprint density at radius 1 is 1.26 bits per heavy atom. The first kappa shape index (κ1) is 16.2. The summed E-state index contributed by atoms with van der Waals surface area (Å²) in [5.74, 6) is -1.32. The molecular formula is C16H20FNO5. The van der Waals surface area contributed by atoms with Gasteiger partial charge in [-0.3, -0.25) is 4.79 Å². The van der Waals surface area contributed by atoms with E-state index in [0.717, 1.165) is 12.1 Å². The van der Waals surface area contributed by atoms with Crippen LogP contribution in [0.3, 0.4) is 0 Å². The fraction of sp³-hybridized carbons (Fsp3) is 0.562. The number of aliphatic hydroxyl groups is 2. The molecule has 1 spiro atoms. The zero-order chi connectivity index (χ0) is 16.6. The van der Waals surface area contributed by atoms with Crippen molar-refractivity contribution in [1.29, 1.82) is 0 Å². The molecule has 1 amide bonds. The van der Waals surface area contributed by atoms with Crippen LogP contribution < -0.4 is 0 Å². The highest BCUT2D eigenvalue weighted by atomic mass is 19.1. The molecule has 2 heterocycles. The van der Waals surface area contributed by atoms with Gasteiger partial charge in [-0.25, -0.2) is 4.39 Å². The van der Waals surface area contributed by atoms with E-state index >= 15 is 0 Å². The van der Waals surface area contributed by atoms with Gasteiger partial charge in [-0.2, -0.15) is 0 Å². The molecule has 0 saturated carbocycles. The van der Waals surface area contributed by atoms with Crippen molar-refractivity contribution in [2.75, 3.05) is 19.7 Å². The predicted octanol–water partition coefficient (Wildman–Crippen LogP) is 0.648. The van der Waals surface area contributed by atoms with Crippen molar-refractivity contribution in [3.8, 4) is 5.75 Å². The molecular weight excluding hydrogens is 305 g/mol. The Morgan fingerprint density at radius 2 is 1.96 bits per heavy atom. The van der Waals surface area contributed by atoms with E-state index in [4.69, 9.17) is 4.74 Å². The number of ether oxygens (including phenoxy) is 1. The number of carbonyl (C=O) groups is 1. The molecule has 1 aromatic carbocycles. The Kier molecular flexibility index (Phi) is 4.27. The number of aromatic hydroxyl groups is 1. The molecule has 0 aromatic heterocycles. The van der Waals surface area contributed by atoms with E-state index in [1.54, 1.807) is 4.90 Å². The van der Waals surface area contributed by atoms with Crippen LogP contribution in [0.5, 0.6) is 5.75 Å². The Morgan fingerprint density at radius 3 is 2.57 bits per heavy atom. The largest absolute Gasteiger partial charge is 0.507 e. The van der Waals surface area contributed by atoms with Gasteiger partial charge >= 0.3 is 0 Å². The molecule has 3 rings (SSSR count). The molecule has 23 heavy (non-hydrogen) atoms. The monoisotopic (exact) mass is 325 g/mol. The molecule has 0 radical (unpaired) electrons. The van der Waals surface area contributed by atoms with E-state index in [1.165, 1.54) is 6.07 Å². The third-order valence-corrected chi connectivity index (χ3v) is 4.74.